The molecule has 4 aliphatic heterocycles. The van der Waals surface area contributed by atoms with E-state index in [-0.39, 0.29) is 23.4 Å². The lowest BCUT2D eigenvalue weighted by molar-refractivity contribution is -0.101. The second kappa shape index (κ2) is 16.2. The van der Waals surface area contributed by atoms with Gasteiger partial charge >= 0.3 is 0 Å². The fourth-order valence-electron chi connectivity index (χ4n) is 9.32. The topological polar surface area (TPSA) is 91.4 Å². The molecule has 0 aromatic heterocycles. The molecule has 2 aromatic carbocycles. The standard InChI is InChI=1S/C41H56ClFN4O5S/c1-28-7-6-16-41(51-3,27-45-19-20-46-18-15-35(43)23-36(46)25-45)37-13-10-32(37)24-47-17-5-4-8-30-21-34(42)12-9-33(30)26-52-39-14-11-31(22-38(39)47)40(48)44-53(49,50)29(28)2/h6,9,11-12,14,16,21-22,28-29,32,35-37H,4-5,7-8,10,13,15,17-20,23-27H2,1-3H3,(H,44,48)/b16-6+/t28-,29+,32-,35-,36+,37+,41+/m0/s1. The van der Waals surface area contributed by atoms with Crippen LogP contribution in [-0.4, -0.2) is 100 Å². The summed E-state index contributed by atoms with van der Waals surface area (Å²) in [6.45, 7) is 9.59. The summed E-state index contributed by atoms with van der Waals surface area (Å²) in [6, 6.07) is 11.4. The lowest BCUT2D eigenvalue weighted by Crippen LogP contribution is -2.61. The number of piperazine rings is 1. The summed E-state index contributed by atoms with van der Waals surface area (Å²) in [5, 5.41) is -0.1000. The van der Waals surface area contributed by atoms with Crippen molar-refractivity contribution in [1.82, 2.24) is 14.5 Å². The molecule has 0 unspecified atom stereocenters. The first-order valence-corrected chi connectivity index (χ1v) is 21.6. The number of allylic oxidation sites excluding steroid dienone is 1. The van der Waals surface area contributed by atoms with E-state index in [1.54, 1.807) is 25.1 Å². The summed E-state index contributed by atoms with van der Waals surface area (Å²) in [5.41, 5.74) is 2.72. The maximum atomic E-state index is 14.5. The first-order valence-electron chi connectivity index (χ1n) is 19.6. The van der Waals surface area contributed by atoms with Crippen LogP contribution in [0, 0.1) is 17.8 Å². The second-order valence-corrected chi connectivity index (χ2v) is 18.7. The van der Waals surface area contributed by atoms with Crippen molar-refractivity contribution in [2.75, 3.05) is 57.8 Å². The molecule has 5 aliphatic rings. The molecule has 3 fully saturated rings. The number of hydrogen-bond acceptors (Lipinski definition) is 8. The van der Waals surface area contributed by atoms with Gasteiger partial charge in [-0.15, -0.1) is 0 Å². The average Bonchev–Trinajstić information content (AvgIpc) is 3.15. The van der Waals surface area contributed by atoms with E-state index in [0.717, 1.165) is 82.6 Å². The van der Waals surface area contributed by atoms with Crippen molar-refractivity contribution in [2.45, 2.75) is 94.9 Å². The molecule has 4 heterocycles. The van der Waals surface area contributed by atoms with Crippen molar-refractivity contribution in [3.05, 3.63) is 70.3 Å². The van der Waals surface area contributed by atoms with Crippen molar-refractivity contribution in [3.8, 4) is 5.75 Å². The second-order valence-electron chi connectivity index (χ2n) is 16.2. The van der Waals surface area contributed by atoms with Gasteiger partial charge in [-0.25, -0.2) is 17.5 Å². The molecule has 1 amide bonds. The molecule has 7 rings (SSSR count). The predicted octanol–water partition coefficient (Wildman–Crippen LogP) is 6.64. The summed E-state index contributed by atoms with van der Waals surface area (Å²) in [6.07, 6.45) is 10.1. The Balaban J connectivity index is 1.24. The fraction of sp³-hybridized carbons (Fsp3) is 0.634. The van der Waals surface area contributed by atoms with E-state index >= 15 is 0 Å². The first-order chi connectivity index (χ1) is 25.4. The number of alkyl halides is 1. The molecule has 2 bridgehead atoms. The zero-order valence-electron chi connectivity index (χ0n) is 31.4. The third kappa shape index (κ3) is 8.44. The van der Waals surface area contributed by atoms with E-state index in [9.17, 15) is 17.6 Å². The highest BCUT2D eigenvalue weighted by Gasteiger charge is 2.49. The number of fused-ring (bicyclic) bond motifs is 4. The molecular formula is C41H56ClFN4O5S. The van der Waals surface area contributed by atoms with Crippen molar-refractivity contribution >= 4 is 33.2 Å². The Morgan fingerprint density at radius 2 is 1.87 bits per heavy atom. The number of hydrogen-bond donors (Lipinski definition) is 1. The Hall–Kier alpha value is -2.70. The quantitative estimate of drug-likeness (QED) is 0.348. The van der Waals surface area contributed by atoms with Crippen LogP contribution in [0.4, 0.5) is 10.1 Å². The Labute approximate surface area is 320 Å². The van der Waals surface area contributed by atoms with Crippen LogP contribution in [0.3, 0.4) is 0 Å². The number of nitrogens with zero attached hydrogens (tertiary/aromatic N) is 3. The van der Waals surface area contributed by atoms with Gasteiger partial charge in [-0.2, -0.15) is 0 Å². The Morgan fingerprint density at radius 3 is 2.66 bits per heavy atom. The van der Waals surface area contributed by atoms with Gasteiger partial charge in [0.25, 0.3) is 5.91 Å². The lowest BCUT2D eigenvalue weighted by Gasteiger charge is -2.53. The third-order valence-electron chi connectivity index (χ3n) is 13.0. The van der Waals surface area contributed by atoms with Crippen molar-refractivity contribution in [1.29, 1.82) is 0 Å². The summed E-state index contributed by atoms with van der Waals surface area (Å²) >= 11 is 6.40. The van der Waals surface area contributed by atoms with Crippen LogP contribution < -0.4 is 14.4 Å². The molecule has 9 nitrogen and oxygen atoms in total. The van der Waals surface area contributed by atoms with Gasteiger partial charge in [-0.3, -0.25) is 14.6 Å². The zero-order valence-corrected chi connectivity index (χ0v) is 33.0. The summed E-state index contributed by atoms with van der Waals surface area (Å²) in [5.74, 6) is 0.285. The molecule has 1 aliphatic carbocycles. The van der Waals surface area contributed by atoms with Gasteiger partial charge in [0.2, 0.25) is 10.0 Å². The Morgan fingerprint density at radius 1 is 1.02 bits per heavy atom. The predicted molar refractivity (Wildman–Crippen MR) is 208 cm³/mol. The monoisotopic (exact) mass is 770 g/mol. The van der Waals surface area contributed by atoms with Gasteiger partial charge in [-0.1, -0.05) is 36.7 Å². The van der Waals surface area contributed by atoms with Crippen LogP contribution >= 0.6 is 11.6 Å². The van der Waals surface area contributed by atoms with Crippen molar-refractivity contribution < 1.29 is 27.1 Å². The molecule has 290 valence electrons. The summed E-state index contributed by atoms with van der Waals surface area (Å²) in [7, 11) is -2.17. The zero-order chi connectivity index (χ0) is 37.3. The number of benzene rings is 2. The molecule has 0 radical (unpaired) electrons. The SMILES string of the molecule is CO[C@@]1(CN2CCN3CC[C@H](F)C[C@@H]3C2)/C=C/C[C@H](C)[C@@H](C)S(=O)(=O)NC(=O)c2ccc3c(c2)N(CCCCc2cc(Cl)ccc2CO3)C[C@@H]2CC[C@H]21. The van der Waals surface area contributed by atoms with E-state index in [0.29, 0.717) is 49.1 Å². The van der Waals surface area contributed by atoms with Crippen LogP contribution in [0.2, 0.25) is 5.02 Å². The van der Waals surface area contributed by atoms with Crippen molar-refractivity contribution in [3.63, 3.8) is 0 Å². The van der Waals surface area contributed by atoms with Gasteiger partial charge < -0.3 is 14.4 Å². The van der Waals surface area contributed by atoms with E-state index in [4.69, 9.17) is 21.1 Å². The fourth-order valence-corrected chi connectivity index (χ4v) is 10.8. The minimum atomic E-state index is -3.98. The molecule has 7 atom stereocenters. The van der Waals surface area contributed by atoms with Gasteiger partial charge in [-0.05, 0) is 118 Å². The number of anilines is 1. The maximum Gasteiger partial charge on any atom is 0.264 e. The van der Waals surface area contributed by atoms with Crippen molar-refractivity contribution in [2.24, 2.45) is 17.8 Å². The van der Waals surface area contributed by atoms with Gasteiger partial charge in [0.1, 0.15) is 24.1 Å². The number of halogens is 2. The largest absolute Gasteiger partial charge is 0.487 e. The molecule has 0 spiro atoms. The molecule has 1 saturated carbocycles. The molecule has 2 aromatic rings. The smallest absolute Gasteiger partial charge is 0.264 e. The molecular weight excluding hydrogens is 715 g/mol. The Kier molecular flexibility index (Phi) is 11.8. The van der Waals surface area contributed by atoms with Crippen LogP contribution in [-0.2, 0) is 27.8 Å². The van der Waals surface area contributed by atoms with Crippen LogP contribution in [0.25, 0.3) is 0 Å². The molecule has 2 saturated heterocycles. The van der Waals surface area contributed by atoms with Crippen LogP contribution in [0.1, 0.15) is 80.3 Å². The number of carbonyl (C=O) groups excluding carboxylic acids is 1. The summed E-state index contributed by atoms with van der Waals surface area (Å²) < 4.78 is 57.3. The number of amides is 1. The van der Waals surface area contributed by atoms with Gasteiger partial charge in [0, 0.05) is 69.6 Å². The van der Waals surface area contributed by atoms with Gasteiger partial charge in [0.15, 0.2) is 0 Å². The maximum absolute atomic E-state index is 14.5. The normalized spacial score (nSPS) is 33.5. The number of rotatable bonds is 3. The van der Waals surface area contributed by atoms with E-state index in [2.05, 4.69) is 31.6 Å². The summed E-state index contributed by atoms with van der Waals surface area (Å²) in [4.78, 5) is 20.9. The number of aryl methyl sites for hydroxylation is 1. The average molecular weight is 771 g/mol. The van der Waals surface area contributed by atoms with E-state index in [1.807, 2.05) is 32.2 Å². The molecule has 12 heteroatoms. The third-order valence-corrected chi connectivity index (χ3v) is 15.1. The Bertz CT molecular complexity index is 1780. The molecule has 53 heavy (non-hydrogen) atoms. The molecule has 1 N–H and O–H groups in total. The first kappa shape index (κ1) is 38.6. The number of methoxy groups -OCH3 is 1. The minimum Gasteiger partial charge on any atom is -0.487 e. The number of ether oxygens (including phenoxy) is 2. The minimum absolute atomic E-state index is 0.209. The highest BCUT2D eigenvalue weighted by atomic mass is 35.5. The van der Waals surface area contributed by atoms with E-state index in [1.165, 1.54) is 5.56 Å². The number of carbonyl (C=O) groups is 1. The number of nitrogens with one attached hydrogen (secondary N) is 1. The highest BCUT2D eigenvalue weighted by molar-refractivity contribution is 7.90. The number of sulfonamides is 1. The lowest BCUT2D eigenvalue weighted by atomic mass is 9.63. The van der Waals surface area contributed by atoms with Crippen LogP contribution in [0.15, 0.2) is 48.6 Å². The number of piperidine rings is 1. The highest BCUT2D eigenvalue weighted by Crippen LogP contribution is 2.47. The van der Waals surface area contributed by atoms with Gasteiger partial charge in [0.05, 0.1) is 10.9 Å². The van der Waals surface area contributed by atoms with Crippen LogP contribution in [0.5, 0.6) is 5.75 Å². The van der Waals surface area contributed by atoms with E-state index < -0.39 is 33.0 Å².